The summed E-state index contributed by atoms with van der Waals surface area (Å²) in [5, 5.41) is 13.3. The Hall–Kier alpha value is -1.69. The number of nitrogens with one attached hydrogen (secondary N) is 1. The minimum absolute atomic E-state index is 0.105. The molecule has 8 atom stereocenters. The van der Waals surface area contributed by atoms with Gasteiger partial charge in [0.25, 0.3) is 0 Å². The molecule has 0 amide bonds. The fraction of sp³-hybridized carbons (Fsp3) is 0.881. The first kappa shape index (κ1) is 36.1. The van der Waals surface area contributed by atoms with Crippen LogP contribution in [0.1, 0.15) is 159 Å². The van der Waals surface area contributed by atoms with Crippen molar-refractivity contribution >= 4 is 17.7 Å². The first-order chi connectivity index (χ1) is 22.3. The lowest BCUT2D eigenvalue weighted by atomic mass is 9.33. The van der Waals surface area contributed by atoms with Crippen molar-refractivity contribution in [3.05, 3.63) is 11.1 Å². The molecule has 0 saturated heterocycles. The summed E-state index contributed by atoms with van der Waals surface area (Å²) in [6, 6.07) is 0.516. The van der Waals surface area contributed by atoms with Crippen molar-refractivity contribution in [2.45, 2.75) is 171 Å². The van der Waals surface area contributed by atoms with E-state index >= 15 is 0 Å². The average Bonchev–Trinajstić information content (AvgIpc) is 3.66. The Bertz CT molecular complexity index is 1340. The van der Waals surface area contributed by atoms with E-state index in [1.807, 2.05) is 0 Å². The van der Waals surface area contributed by atoms with E-state index in [0.29, 0.717) is 42.0 Å². The Morgan fingerprint density at radius 1 is 0.854 bits per heavy atom. The van der Waals surface area contributed by atoms with E-state index in [2.05, 4.69) is 53.8 Å². The number of esters is 1. The molecule has 0 aromatic carbocycles. The van der Waals surface area contributed by atoms with Crippen LogP contribution < -0.4 is 5.32 Å². The molecule has 6 nitrogen and oxygen atoms in total. The van der Waals surface area contributed by atoms with Gasteiger partial charge in [0.2, 0.25) is 0 Å². The highest BCUT2D eigenvalue weighted by atomic mass is 16.5. The van der Waals surface area contributed by atoms with E-state index in [9.17, 15) is 19.5 Å². The molecule has 0 spiro atoms. The summed E-state index contributed by atoms with van der Waals surface area (Å²) in [5.74, 6) is 1.11. The molecule has 0 aliphatic heterocycles. The van der Waals surface area contributed by atoms with Crippen LogP contribution in [0.3, 0.4) is 0 Å². The summed E-state index contributed by atoms with van der Waals surface area (Å²) < 4.78 is 6.18. The third kappa shape index (κ3) is 5.38. The molecule has 6 rings (SSSR count). The molecule has 2 N–H and O–H groups in total. The highest BCUT2D eigenvalue weighted by Crippen LogP contribution is 2.77. The van der Waals surface area contributed by atoms with Gasteiger partial charge >= 0.3 is 11.9 Å². The molecule has 48 heavy (non-hydrogen) atoms. The van der Waals surface area contributed by atoms with Gasteiger partial charge in [-0.2, -0.15) is 0 Å². The second kappa shape index (κ2) is 12.2. The molecular formula is C42H67NO5. The molecule has 6 aliphatic carbocycles. The van der Waals surface area contributed by atoms with Gasteiger partial charge in [0.05, 0.1) is 23.8 Å². The summed E-state index contributed by atoms with van der Waals surface area (Å²) in [6.07, 6.45) is 15.5. The zero-order chi connectivity index (χ0) is 35.1. The maximum Gasteiger partial charge on any atom is 0.309 e. The zero-order valence-corrected chi connectivity index (χ0v) is 31.9. The van der Waals surface area contributed by atoms with Crippen molar-refractivity contribution in [3.8, 4) is 0 Å². The van der Waals surface area contributed by atoms with Crippen LogP contribution in [-0.4, -0.2) is 41.5 Å². The molecule has 270 valence electrons. The van der Waals surface area contributed by atoms with Gasteiger partial charge in [-0.25, -0.2) is 0 Å². The fourth-order valence-electron chi connectivity index (χ4n) is 13.5. The standard InChI is InChI=1S/C42H67NO5/c1-26(2)28-16-21-42(32(44)25-43-27-12-10-11-13-27)23-22-40(8)29(35(28)42)14-15-31-39(7)19-18-33(48-34(45)24-37(3,4)36(46)47)38(5,6)30(39)17-20-41(31,40)9/h26-27,29-31,33,43H,10-25H2,1-9H3,(H,46,47)/t29-,30?,31-,33+,39+,40-,41-,42-/m1/s1. The smallest absolute Gasteiger partial charge is 0.309 e. The Morgan fingerprint density at radius 3 is 2.19 bits per heavy atom. The molecule has 0 aromatic rings. The van der Waals surface area contributed by atoms with Gasteiger partial charge in [0, 0.05) is 11.5 Å². The zero-order valence-electron chi connectivity index (χ0n) is 31.9. The molecule has 5 saturated carbocycles. The molecular weight excluding hydrogens is 598 g/mol. The number of carbonyl (C=O) groups excluding carboxylic acids is 2. The molecule has 5 fully saturated rings. The van der Waals surface area contributed by atoms with Gasteiger partial charge in [-0.3, -0.25) is 14.4 Å². The van der Waals surface area contributed by atoms with E-state index in [1.54, 1.807) is 25.0 Å². The largest absolute Gasteiger partial charge is 0.481 e. The second-order valence-electron chi connectivity index (χ2n) is 19.8. The first-order valence-electron chi connectivity index (χ1n) is 19.8. The Balaban J connectivity index is 1.26. The highest BCUT2D eigenvalue weighted by Gasteiger charge is 2.70. The maximum absolute atomic E-state index is 14.4. The molecule has 6 aliphatic rings. The highest BCUT2D eigenvalue weighted by molar-refractivity contribution is 5.91. The van der Waals surface area contributed by atoms with Crippen molar-refractivity contribution in [2.24, 2.45) is 56.2 Å². The third-order valence-corrected chi connectivity index (χ3v) is 16.5. The number of allylic oxidation sites excluding steroid dienone is 2. The van der Waals surface area contributed by atoms with Crippen molar-refractivity contribution in [3.63, 3.8) is 0 Å². The van der Waals surface area contributed by atoms with Gasteiger partial charge in [-0.1, -0.05) is 72.5 Å². The van der Waals surface area contributed by atoms with Crippen LogP contribution in [0, 0.1) is 56.2 Å². The van der Waals surface area contributed by atoms with Gasteiger partial charge < -0.3 is 15.2 Å². The number of hydrogen-bond acceptors (Lipinski definition) is 5. The first-order valence-corrected chi connectivity index (χ1v) is 19.8. The van der Waals surface area contributed by atoms with Crippen LogP contribution in [0.4, 0.5) is 0 Å². The number of carboxylic acid groups (broad SMARTS) is 1. The van der Waals surface area contributed by atoms with Crippen LogP contribution in [0.5, 0.6) is 0 Å². The molecule has 1 unspecified atom stereocenters. The molecule has 0 aromatic heterocycles. The van der Waals surface area contributed by atoms with Crippen LogP contribution in [0.15, 0.2) is 11.1 Å². The van der Waals surface area contributed by atoms with Gasteiger partial charge in [0.15, 0.2) is 5.78 Å². The normalized spacial score (nSPS) is 41.0. The lowest BCUT2D eigenvalue weighted by Crippen LogP contribution is -2.66. The van der Waals surface area contributed by atoms with E-state index in [1.165, 1.54) is 44.9 Å². The molecule has 6 heteroatoms. The topological polar surface area (TPSA) is 92.7 Å². The lowest BCUT2D eigenvalue weighted by Gasteiger charge is -2.72. The SMILES string of the molecule is CC(C)C1=C2[C@H]3CC[C@@H]4[C@@]5(C)CC[C@H](OC(=O)CC(C)(C)C(=O)O)C(C)(C)C5CC[C@@]4(C)[C@]3(C)CC[C@@]2(C(=O)CNC2CCCC2)CC1. The number of hydrogen-bond donors (Lipinski definition) is 2. The Labute approximate surface area is 291 Å². The summed E-state index contributed by atoms with van der Waals surface area (Å²) in [7, 11) is 0. The summed E-state index contributed by atoms with van der Waals surface area (Å²) in [5.41, 5.74) is 2.10. The fourth-order valence-corrected chi connectivity index (χ4v) is 13.5. The average molecular weight is 666 g/mol. The Kier molecular flexibility index (Phi) is 9.20. The van der Waals surface area contributed by atoms with E-state index in [-0.39, 0.29) is 45.6 Å². The van der Waals surface area contributed by atoms with E-state index in [0.717, 1.165) is 44.9 Å². The van der Waals surface area contributed by atoms with Crippen LogP contribution >= 0.6 is 0 Å². The Morgan fingerprint density at radius 2 is 1.54 bits per heavy atom. The number of ether oxygens (including phenoxy) is 1. The van der Waals surface area contributed by atoms with Crippen molar-refractivity contribution < 1.29 is 24.2 Å². The van der Waals surface area contributed by atoms with Gasteiger partial charge in [0.1, 0.15) is 6.10 Å². The number of ketones is 1. The minimum Gasteiger partial charge on any atom is -0.481 e. The number of Topliss-reactive ketones (excluding diaryl/α,β-unsaturated/α-hetero) is 1. The summed E-state index contributed by atoms with van der Waals surface area (Å²) in [6.45, 7) is 20.9. The monoisotopic (exact) mass is 666 g/mol. The predicted molar refractivity (Wildman–Crippen MR) is 190 cm³/mol. The maximum atomic E-state index is 14.4. The van der Waals surface area contributed by atoms with E-state index in [4.69, 9.17) is 4.74 Å². The van der Waals surface area contributed by atoms with Crippen LogP contribution in [0.2, 0.25) is 0 Å². The predicted octanol–water partition coefficient (Wildman–Crippen LogP) is 9.30. The van der Waals surface area contributed by atoms with Crippen molar-refractivity contribution in [1.82, 2.24) is 5.32 Å². The quantitative estimate of drug-likeness (QED) is 0.188. The summed E-state index contributed by atoms with van der Waals surface area (Å²) >= 11 is 0. The van der Waals surface area contributed by atoms with Crippen molar-refractivity contribution in [1.29, 1.82) is 0 Å². The van der Waals surface area contributed by atoms with Crippen LogP contribution in [-0.2, 0) is 19.1 Å². The molecule has 0 radical (unpaired) electrons. The van der Waals surface area contributed by atoms with Gasteiger partial charge in [-0.05, 0) is 131 Å². The second-order valence-corrected chi connectivity index (χ2v) is 19.8. The van der Waals surface area contributed by atoms with Crippen LogP contribution in [0.25, 0.3) is 0 Å². The van der Waals surface area contributed by atoms with Gasteiger partial charge in [-0.15, -0.1) is 0 Å². The number of rotatable bonds is 9. The lowest BCUT2D eigenvalue weighted by molar-refractivity contribution is -0.233. The molecule has 0 bridgehead atoms. The summed E-state index contributed by atoms with van der Waals surface area (Å²) in [4.78, 5) is 39.2. The van der Waals surface area contributed by atoms with Crippen molar-refractivity contribution in [2.75, 3.05) is 6.54 Å². The van der Waals surface area contributed by atoms with E-state index < -0.39 is 11.4 Å². The number of fused-ring (bicyclic) bond motifs is 7. The molecule has 0 heterocycles. The number of aliphatic carboxylic acids is 1. The number of carboxylic acids is 1. The third-order valence-electron chi connectivity index (χ3n) is 16.5. The minimum atomic E-state index is -1.13. The number of carbonyl (C=O) groups is 3.